The van der Waals surface area contributed by atoms with Gasteiger partial charge in [0.25, 0.3) is 0 Å². The summed E-state index contributed by atoms with van der Waals surface area (Å²) in [5.74, 6) is -0.0244. The molecule has 0 rings (SSSR count). The summed E-state index contributed by atoms with van der Waals surface area (Å²) in [4.78, 5) is 10.5. The molecule has 0 bridgehead atoms. The molecule has 0 aromatic heterocycles. The van der Waals surface area contributed by atoms with Gasteiger partial charge in [-0.05, 0) is 12.3 Å². The van der Waals surface area contributed by atoms with Crippen molar-refractivity contribution in [3.63, 3.8) is 0 Å². The molecule has 0 aliphatic carbocycles. The smallest absolute Gasteiger partial charge is 0.303 e. The summed E-state index contributed by atoms with van der Waals surface area (Å²) in [5, 5.41) is 8.63. The SMILES string of the molecule is CCCCCCCCC(CC)CCC(=O)O. The minimum atomic E-state index is -0.651. The highest BCUT2D eigenvalue weighted by atomic mass is 16.4. The topological polar surface area (TPSA) is 37.3 Å². The van der Waals surface area contributed by atoms with E-state index in [1.807, 2.05) is 0 Å². The van der Waals surface area contributed by atoms with Crippen molar-refractivity contribution in [2.75, 3.05) is 0 Å². The Hall–Kier alpha value is -0.530. The zero-order valence-corrected chi connectivity index (χ0v) is 11.0. The van der Waals surface area contributed by atoms with E-state index in [0.29, 0.717) is 12.3 Å². The maximum absolute atomic E-state index is 10.5. The van der Waals surface area contributed by atoms with Crippen LogP contribution in [0.25, 0.3) is 0 Å². The summed E-state index contributed by atoms with van der Waals surface area (Å²) >= 11 is 0. The van der Waals surface area contributed by atoms with Crippen LogP contribution in [-0.4, -0.2) is 11.1 Å². The monoisotopic (exact) mass is 228 g/mol. The van der Waals surface area contributed by atoms with Gasteiger partial charge in [0, 0.05) is 6.42 Å². The molecule has 1 N–H and O–H groups in total. The molecule has 0 heterocycles. The summed E-state index contributed by atoms with van der Waals surface area (Å²) in [6.07, 6.45) is 11.5. The second-order valence-electron chi connectivity index (χ2n) is 4.76. The summed E-state index contributed by atoms with van der Waals surface area (Å²) in [5.41, 5.74) is 0. The lowest BCUT2D eigenvalue weighted by atomic mass is 9.93. The van der Waals surface area contributed by atoms with Gasteiger partial charge in [-0.3, -0.25) is 4.79 Å². The van der Waals surface area contributed by atoms with Gasteiger partial charge in [-0.25, -0.2) is 0 Å². The first-order valence-electron chi connectivity index (χ1n) is 6.92. The average molecular weight is 228 g/mol. The van der Waals surface area contributed by atoms with E-state index < -0.39 is 5.97 Å². The van der Waals surface area contributed by atoms with E-state index in [0.717, 1.165) is 12.8 Å². The first-order valence-corrected chi connectivity index (χ1v) is 6.92. The first kappa shape index (κ1) is 15.5. The normalized spacial score (nSPS) is 12.6. The average Bonchev–Trinajstić information content (AvgIpc) is 2.27. The van der Waals surface area contributed by atoms with Crippen LogP contribution in [0.2, 0.25) is 0 Å². The van der Waals surface area contributed by atoms with Crippen molar-refractivity contribution in [3.05, 3.63) is 0 Å². The van der Waals surface area contributed by atoms with Crippen LogP contribution in [-0.2, 0) is 4.79 Å². The Morgan fingerprint density at radius 3 is 2.19 bits per heavy atom. The summed E-state index contributed by atoms with van der Waals surface area (Å²) in [6.45, 7) is 4.41. The lowest BCUT2D eigenvalue weighted by Gasteiger charge is -2.13. The minimum absolute atomic E-state index is 0.342. The molecule has 2 heteroatoms. The quantitative estimate of drug-likeness (QED) is 0.523. The fraction of sp³-hybridized carbons (Fsp3) is 0.929. The molecule has 0 saturated heterocycles. The Bertz CT molecular complexity index is 166. The molecule has 0 radical (unpaired) electrons. The molecular weight excluding hydrogens is 200 g/mol. The number of hydrogen-bond donors (Lipinski definition) is 1. The number of carboxylic acids is 1. The van der Waals surface area contributed by atoms with Gasteiger partial charge >= 0.3 is 5.97 Å². The molecule has 0 spiro atoms. The van der Waals surface area contributed by atoms with Crippen molar-refractivity contribution in [2.24, 2.45) is 5.92 Å². The lowest BCUT2D eigenvalue weighted by molar-refractivity contribution is -0.137. The van der Waals surface area contributed by atoms with E-state index in [2.05, 4.69) is 13.8 Å². The molecule has 0 fully saturated rings. The Kier molecular flexibility index (Phi) is 10.6. The van der Waals surface area contributed by atoms with Crippen molar-refractivity contribution < 1.29 is 9.90 Å². The summed E-state index contributed by atoms with van der Waals surface area (Å²) < 4.78 is 0. The van der Waals surface area contributed by atoms with E-state index >= 15 is 0 Å². The fourth-order valence-electron chi connectivity index (χ4n) is 2.09. The standard InChI is InChI=1S/C14H28O2/c1-3-5-6-7-8-9-10-13(4-2)11-12-14(15)16/h13H,3-12H2,1-2H3,(H,15,16). The van der Waals surface area contributed by atoms with Gasteiger partial charge in [0.15, 0.2) is 0 Å². The number of carboxylic acid groups (broad SMARTS) is 1. The molecule has 0 aromatic carbocycles. The lowest BCUT2D eigenvalue weighted by Crippen LogP contribution is -2.03. The number of aliphatic carboxylic acids is 1. The van der Waals surface area contributed by atoms with E-state index in [9.17, 15) is 4.79 Å². The van der Waals surface area contributed by atoms with Gasteiger partial charge in [0.2, 0.25) is 0 Å². The Morgan fingerprint density at radius 1 is 1.00 bits per heavy atom. The van der Waals surface area contributed by atoms with Crippen molar-refractivity contribution in [1.29, 1.82) is 0 Å². The van der Waals surface area contributed by atoms with Crippen molar-refractivity contribution in [3.8, 4) is 0 Å². The maximum atomic E-state index is 10.5. The molecule has 96 valence electrons. The van der Waals surface area contributed by atoms with E-state index in [1.54, 1.807) is 0 Å². The van der Waals surface area contributed by atoms with E-state index in [-0.39, 0.29) is 0 Å². The predicted octanol–water partition coefficient (Wildman–Crippen LogP) is 4.63. The van der Waals surface area contributed by atoms with Crippen LogP contribution in [0.3, 0.4) is 0 Å². The van der Waals surface area contributed by atoms with Gasteiger partial charge in [-0.15, -0.1) is 0 Å². The molecular formula is C14H28O2. The molecule has 1 atom stereocenters. The third-order valence-corrected chi connectivity index (χ3v) is 3.31. The fourth-order valence-corrected chi connectivity index (χ4v) is 2.09. The van der Waals surface area contributed by atoms with Crippen LogP contribution in [0.4, 0.5) is 0 Å². The summed E-state index contributed by atoms with van der Waals surface area (Å²) in [7, 11) is 0. The largest absolute Gasteiger partial charge is 0.481 e. The zero-order chi connectivity index (χ0) is 12.2. The highest BCUT2D eigenvalue weighted by Crippen LogP contribution is 2.19. The van der Waals surface area contributed by atoms with Gasteiger partial charge < -0.3 is 5.11 Å². The second kappa shape index (κ2) is 11.0. The van der Waals surface area contributed by atoms with Gasteiger partial charge in [-0.2, -0.15) is 0 Å². The third-order valence-electron chi connectivity index (χ3n) is 3.31. The van der Waals surface area contributed by atoms with Crippen LogP contribution in [0.1, 0.15) is 78.1 Å². The van der Waals surface area contributed by atoms with E-state index in [4.69, 9.17) is 5.11 Å². The van der Waals surface area contributed by atoms with Crippen molar-refractivity contribution >= 4 is 5.97 Å². The molecule has 0 aromatic rings. The summed E-state index contributed by atoms with van der Waals surface area (Å²) in [6, 6.07) is 0. The minimum Gasteiger partial charge on any atom is -0.481 e. The molecule has 0 aliphatic heterocycles. The highest BCUT2D eigenvalue weighted by molar-refractivity contribution is 5.66. The molecule has 16 heavy (non-hydrogen) atoms. The van der Waals surface area contributed by atoms with Crippen LogP contribution in [0.15, 0.2) is 0 Å². The number of carbonyl (C=O) groups is 1. The van der Waals surface area contributed by atoms with Gasteiger partial charge in [0.1, 0.15) is 0 Å². The van der Waals surface area contributed by atoms with Crippen LogP contribution < -0.4 is 0 Å². The predicted molar refractivity (Wildman–Crippen MR) is 68.6 cm³/mol. The van der Waals surface area contributed by atoms with Crippen LogP contribution in [0, 0.1) is 5.92 Å². The van der Waals surface area contributed by atoms with Crippen molar-refractivity contribution in [1.82, 2.24) is 0 Å². The Morgan fingerprint density at radius 2 is 1.62 bits per heavy atom. The van der Waals surface area contributed by atoms with Gasteiger partial charge in [-0.1, -0.05) is 65.2 Å². The number of hydrogen-bond acceptors (Lipinski definition) is 1. The Labute approximate surface area is 100 Å². The number of rotatable bonds is 11. The van der Waals surface area contributed by atoms with Crippen molar-refractivity contribution in [2.45, 2.75) is 78.1 Å². The molecule has 0 saturated carbocycles. The van der Waals surface area contributed by atoms with Crippen LogP contribution in [0.5, 0.6) is 0 Å². The molecule has 1 unspecified atom stereocenters. The van der Waals surface area contributed by atoms with Gasteiger partial charge in [0.05, 0.1) is 0 Å². The molecule has 0 aliphatic rings. The zero-order valence-electron chi connectivity index (χ0n) is 11.0. The molecule has 2 nitrogen and oxygen atoms in total. The third kappa shape index (κ3) is 10.0. The highest BCUT2D eigenvalue weighted by Gasteiger charge is 2.08. The first-order chi connectivity index (χ1) is 7.70. The number of unbranched alkanes of at least 4 members (excludes halogenated alkanes) is 5. The van der Waals surface area contributed by atoms with Crippen LogP contribution >= 0.6 is 0 Å². The van der Waals surface area contributed by atoms with E-state index in [1.165, 1.54) is 44.9 Å². The molecule has 0 amide bonds. The second-order valence-corrected chi connectivity index (χ2v) is 4.76. The maximum Gasteiger partial charge on any atom is 0.303 e. The Balaban J connectivity index is 3.37.